The first-order valence-electron chi connectivity index (χ1n) is 3.84. The van der Waals surface area contributed by atoms with Gasteiger partial charge in [-0.1, -0.05) is 17.7 Å². The number of benzene rings is 1. The average Bonchev–Trinajstić information content (AvgIpc) is 2.06. The molecule has 1 rings (SSSR count). The van der Waals surface area contributed by atoms with Crippen molar-refractivity contribution in [3.63, 3.8) is 0 Å². The van der Waals surface area contributed by atoms with Crippen molar-refractivity contribution >= 4 is 11.6 Å². The van der Waals surface area contributed by atoms with Crippen LogP contribution in [-0.4, -0.2) is 12.8 Å². The van der Waals surface area contributed by atoms with Crippen LogP contribution in [0.5, 0.6) is 5.75 Å². The summed E-state index contributed by atoms with van der Waals surface area (Å²) >= 11 is 5.70. The molecule has 0 radical (unpaired) electrons. The van der Waals surface area contributed by atoms with Gasteiger partial charge in [-0.25, -0.2) is 0 Å². The van der Waals surface area contributed by atoms with E-state index in [9.17, 15) is 13.2 Å². The van der Waals surface area contributed by atoms with Crippen molar-refractivity contribution < 1.29 is 17.9 Å². The van der Waals surface area contributed by atoms with Gasteiger partial charge in [0.05, 0.1) is 0 Å². The molecule has 0 heterocycles. The van der Waals surface area contributed by atoms with Gasteiger partial charge in [-0.2, -0.15) is 13.2 Å². The second kappa shape index (κ2) is 4.09. The van der Waals surface area contributed by atoms with E-state index in [4.69, 9.17) is 11.6 Å². The summed E-state index contributed by atoms with van der Waals surface area (Å²) in [5.41, 5.74) is 0.797. The van der Waals surface area contributed by atoms with E-state index >= 15 is 0 Å². The summed E-state index contributed by atoms with van der Waals surface area (Å²) in [5.74, 6) is 0.123. The van der Waals surface area contributed by atoms with Crippen LogP contribution in [0.1, 0.15) is 5.56 Å². The van der Waals surface area contributed by atoms with Gasteiger partial charge in [0.15, 0.2) is 6.61 Å². The zero-order chi connectivity index (χ0) is 10.8. The Kier molecular flexibility index (Phi) is 3.26. The molecule has 5 heteroatoms. The first kappa shape index (κ1) is 11.2. The predicted molar refractivity (Wildman–Crippen MR) is 47.7 cm³/mol. The quantitative estimate of drug-likeness (QED) is 0.746. The van der Waals surface area contributed by atoms with Crippen molar-refractivity contribution in [2.45, 2.75) is 13.1 Å². The summed E-state index contributed by atoms with van der Waals surface area (Å²) in [6.07, 6.45) is -4.32. The van der Waals surface area contributed by atoms with Gasteiger partial charge < -0.3 is 4.74 Å². The monoisotopic (exact) mass is 224 g/mol. The Morgan fingerprint density at radius 1 is 1.36 bits per heavy atom. The lowest BCUT2D eigenvalue weighted by atomic mass is 10.2. The molecular weight excluding hydrogens is 217 g/mol. The molecule has 1 aromatic carbocycles. The van der Waals surface area contributed by atoms with Crippen molar-refractivity contribution in [3.05, 3.63) is 28.8 Å². The first-order chi connectivity index (χ1) is 6.38. The molecular formula is C9H8ClF3O. The second-order valence-electron chi connectivity index (χ2n) is 2.81. The molecule has 0 spiro atoms. The lowest BCUT2D eigenvalue weighted by molar-refractivity contribution is -0.153. The molecule has 0 saturated carbocycles. The summed E-state index contributed by atoms with van der Waals surface area (Å²) in [4.78, 5) is 0. The van der Waals surface area contributed by atoms with Crippen LogP contribution in [0.3, 0.4) is 0 Å². The highest BCUT2D eigenvalue weighted by Crippen LogP contribution is 2.23. The van der Waals surface area contributed by atoms with Crippen molar-refractivity contribution in [3.8, 4) is 5.75 Å². The fraction of sp³-hybridized carbons (Fsp3) is 0.333. The standard InChI is InChI=1S/C9H8ClF3O/c1-6-2-3-7(4-8(6)10)14-5-9(11,12)13/h2-4H,5H2,1H3. The Bertz CT molecular complexity index is 322. The number of ether oxygens (including phenoxy) is 1. The van der Waals surface area contributed by atoms with Gasteiger partial charge in [-0.15, -0.1) is 0 Å². The Morgan fingerprint density at radius 3 is 2.50 bits per heavy atom. The smallest absolute Gasteiger partial charge is 0.422 e. The number of aryl methyl sites for hydroxylation is 1. The molecule has 0 aromatic heterocycles. The summed E-state index contributed by atoms with van der Waals surface area (Å²) in [6.45, 7) is 0.461. The van der Waals surface area contributed by atoms with E-state index < -0.39 is 12.8 Å². The van der Waals surface area contributed by atoms with Crippen LogP contribution < -0.4 is 4.74 Å². The summed E-state index contributed by atoms with van der Waals surface area (Å²) in [5, 5.41) is 0.393. The molecule has 0 bridgehead atoms. The minimum absolute atomic E-state index is 0.123. The molecule has 0 aliphatic carbocycles. The maximum absolute atomic E-state index is 11.8. The number of hydrogen-bond donors (Lipinski definition) is 0. The van der Waals surface area contributed by atoms with Gasteiger partial charge in [-0.05, 0) is 24.6 Å². The second-order valence-corrected chi connectivity index (χ2v) is 3.22. The minimum Gasteiger partial charge on any atom is -0.484 e. The molecule has 0 amide bonds. The maximum Gasteiger partial charge on any atom is 0.422 e. The van der Waals surface area contributed by atoms with Gasteiger partial charge >= 0.3 is 6.18 Å². The molecule has 14 heavy (non-hydrogen) atoms. The highest BCUT2D eigenvalue weighted by Gasteiger charge is 2.28. The van der Waals surface area contributed by atoms with Gasteiger partial charge in [-0.3, -0.25) is 0 Å². The average molecular weight is 225 g/mol. The van der Waals surface area contributed by atoms with E-state index in [1.54, 1.807) is 13.0 Å². The number of rotatable bonds is 2. The lowest BCUT2D eigenvalue weighted by Gasteiger charge is -2.09. The molecule has 0 fully saturated rings. The maximum atomic E-state index is 11.8. The fourth-order valence-corrected chi connectivity index (χ4v) is 0.999. The van der Waals surface area contributed by atoms with Crippen LogP contribution in [0, 0.1) is 6.92 Å². The Labute approximate surface area is 84.4 Å². The van der Waals surface area contributed by atoms with Gasteiger partial charge in [0.25, 0.3) is 0 Å². The molecule has 0 N–H and O–H groups in total. The van der Waals surface area contributed by atoms with Crippen LogP contribution in [0.25, 0.3) is 0 Å². The highest BCUT2D eigenvalue weighted by molar-refractivity contribution is 6.31. The van der Waals surface area contributed by atoms with E-state index in [0.717, 1.165) is 5.56 Å². The molecule has 78 valence electrons. The number of halogens is 4. The molecule has 1 aromatic rings. The van der Waals surface area contributed by atoms with Crippen LogP contribution in [0.4, 0.5) is 13.2 Å². The van der Waals surface area contributed by atoms with Gasteiger partial charge in [0.1, 0.15) is 5.75 Å². The Balaban J connectivity index is 2.65. The zero-order valence-electron chi connectivity index (χ0n) is 7.36. The van der Waals surface area contributed by atoms with E-state index in [1.165, 1.54) is 12.1 Å². The van der Waals surface area contributed by atoms with E-state index in [-0.39, 0.29) is 5.75 Å². The van der Waals surface area contributed by atoms with Crippen molar-refractivity contribution in [2.24, 2.45) is 0 Å². The Hall–Kier alpha value is -0.900. The van der Waals surface area contributed by atoms with Crippen LogP contribution in [-0.2, 0) is 0 Å². The van der Waals surface area contributed by atoms with Gasteiger partial charge in [0.2, 0.25) is 0 Å². The highest BCUT2D eigenvalue weighted by atomic mass is 35.5. The van der Waals surface area contributed by atoms with Crippen LogP contribution in [0.2, 0.25) is 5.02 Å². The third-order valence-electron chi connectivity index (χ3n) is 1.55. The molecule has 0 atom stereocenters. The third kappa shape index (κ3) is 3.46. The van der Waals surface area contributed by atoms with E-state index in [1.807, 2.05) is 0 Å². The largest absolute Gasteiger partial charge is 0.484 e. The molecule has 1 nitrogen and oxygen atoms in total. The van der Waals surface area contributed by atoms with E-state index in [0.29, 0.717) is 5.02 Å². The lowest BCUT2D eigenvalue weighted by Crippen LogP contribution is -2.19. The van der Waals surface area contributed by atoms with Crippen LogP contribution in [0.15, 0.2) is 18.2 Å². The summed E-state index contributed by atoms with van der Waals surface area (Å²) in [7, 11) is 0. The van der Waals surface area contributed by atoms with Crippen molar-refractivity contribution in [1.82, 2.24) is 0 Å². The SMILES string of the molecule is Cc1ccc(OCC(F)(F)F)cc1Cl. The topological polar surface area (TPSA) is 9.23 Å². The predicted octanol–water partition coefficient (Wildman–Crippen LogP) is 3.59. The number of hydrogen-bond acceptors (Lipinski definition) is 1. The van der Waals surface area contributed by atoms with Crippen molar-refractivity contribution in [1.29, 1.82) is 0 Å². The van der Waals surface area contributed by atoms with Gasteiger partial charge in [0, 0.05) is 5.02 Å². The fourth-order valence-electron chi connectivity index (χ4n) is 0.829. The minimum atomic E-state index is -4.32. The van der Waals surface area contributed by atoms with E-state index in [2.05, 4.69) is 4.74 Å². The third-order valence-corrected chi connectivity index (χ3v) is 1.95. The number of alkyl halides is 3. The molecule has 0 aliphatic heterocycles. The molecule has 0 saturated heterocycles. The summed E-state index contributed by atoms with van der Waals surface area (Å²) < 4.78 is 39.8. The normalized spacial score (nSPS) is 11.5. The molecule has 0 unspecified atom stereocenters. The zero-order valence-corrected chi connectivity index (χ0v) is 8.12. The van der Waals surface area contributed by atoms with Crippen molar-refractivity contribution in [2.75, 3.05) is 6.61 Å². The molecule has 0 aliphatic rings. The first-order valence-corrected chi connectivity index (χ1v) is 4.22. The Morgan fingerprint density at radius 2 is 2.00 bits per heavy atom. The summed E-state index contributed by atoms with van der Waals surface area (Å²) in [6, 6.07) is 4.42. The van der Waals surface area contributed by atoms with Crippen LogP contribution >= 0.6 is 11.6 Å².